The number of carboxylic acid groups (broad SMARTS) is 1. The zero-order valence-corrected chi connectivity index (χ0v) is 19.9. The first-order chi connectivity index (χ1) is 12.7. The largest absolute Gasteiger partial charge is 0.481 e. The quantitative estimate of drug-likeness (QED) is 0.273. The Morgan fingerprint density at radius 3 is 2.32 bits per heavy atom. The fourth-order valence-corrected chi connectivity index (χ4v) is 5.02. The Morgan fingerprint density at radius 2 is 1.82 bits per heavy atom. The third-order valence-electron chi connectivity index (χ3n) is 6.52. The number of carboxylic acids is 1. The molecule has 0 spiro atoms. The molecule has 0 heterocycles. The lowest BCUT2D eigenvalue weighted by molar-refractivity contribution is -0.139. The van der Waals surface area contributed by atoms with Crippen LogP contribution in [0.3, 0.4) is 0 Å². The van der Waals surface area contributed by atoms with Gasteiger partial charge in [-0.15, -0.1) is 0 Å². The predicted molar refractivity (Wildman–Crippen MR) is 116 cm³/mol. The highest BCUT2D eigenvalue weighted by molar-refractivity contribution is 6.74. The Bertz CT molecular complexity index is 536. The predicted octanol–water partition coefficient (Wildman–Crippen LogP) is 4.74. The Morgan fingerprint density at radius 1 is 1.21 bits per heavy atom. The molecule has 164 valence electrons. The van der Waals surface area contributed by atoms with Crippen molar-refractivity contribution in [3.8, 4) is 0 Å². The zero-order chi connectivity index (χ0) is 21.8. The summed E-state index contributed by atoms with van der Waals surface area (Å²) in [4.78, 5) is 11.4. The molecule has 0 aromatic carbocycles. The smallest absolute Gasteiger partial charge is 0.303 e. The van der Waals surface area contributed by atoms with Gasteiger partial charge in [0.2, 0.25) is 0 Å². The maximum atomic E-state index is 11.4. The molecule has 6 heteroatoms. The van der Waals surface area contributed by atoms with Crippen LogP contribution in [0.5, 0.6) is 0 Å². The molecule has 28 heavy (non-hydrogen) atoms. The molecule has 0 radical (unpaired) electrons. The van der Waals surface area contributed by atoms with Crippen LogP contribution in [0.2, 0.25) is 18.1 Å². The van der Waals surface area contributed by atoms with Crippen molar-refractivity contribution in [2.24, 2.45) is 11.8 Å². The van der Waals surface area contributed by atoms with Gasteiger partial charge < -0.3 is 19.7 Å². The van der Waals surface area contributed by atoms with Crippen LogP contribution in [-0.2, 0) is 9.22 Å². The molecule has 1 rings (SSSR count). The number of carbonyl (C=O) groups is 1. The van der Waals surface area contributed by atoms with Gasteiger partial charge in [0.15, 0.2) is 8.32 Å². The van der Waals surface area contributed by atoms with Crippen LogP contribution in [-0.4, -0.2) is 47.4 Å². The van der Waals surface area contributed by atoms with E-state index in [0.717, 1.165) is 19.3 Å². The van der Waals surface area contributed by atoms with Gasteiger partial charge in [-0.3, -0.25) is 4.79 Å². The summed E-state index contributed by atoms with van der Waals surface area (Å²) in [5.74, 6) is -1.52. The Kier molecular flexibility index (Phi) is 8.94. The fraction of sp³-hybridized carbons (Fsp3) is 0.864. The lowest BCUT2D eigenvalue weighted by Crippen LogP contribution is -2.45. The third kappa shape index (κ3) is 7.28. The summed E-state index contributed by atoms with van der Waals surface area (Å²) < 4.78 is 6.57. The van der Waals surface area contributed by atoms with Gasteiger partial charge in [0.05, 0.1) is 24.2 Å². The second-order valence-corrected chi connectivity index (χ2v) is 15.0. The number of hydrogen-bond acceptors (Lipinski definition) is 4. The van der Waals surface area contributed by atoms with Crippen molar-refractivity contribution >= 4 is 14.3 Å². The minimum atomic E-state index is -2.07. The van der Waals surface area contributed by atoms with Crippen molar-refractivity contribution in [3.05, 3.63) is 12.2 Å². The van der Waals surface area contributed by atoms with Crippen molar-refractivity contribution in [1.29, 1.82) is 0 Å². The summed E-state index contributed by atoms with van der Waals surface area (Å²) in [7, 11) is -2.07. The first-order valence-electron chi connectivity index (χ1n) is 10.7. The molecule has 1 aliphatic rings. The summed E-state index contributed by atoms with van der Waals surface area (Å²) in [5, 5.41) is 30.6. The molecule has 3 N–H and O–H groups in total. The average molecular weight is 415 g/mol. The van der Waals surface area contributed by atoms with E-state index in [9.17, 15) is 20.1 Å². The molecular weight excluding hydrogens is 372 g/mol. The van der Waals surface area contributed by atoms with Gasteiger partial charge in [-0.1, -0.05) is 59.1 Å². The number of aliphatic carboxylic acids is 1. The van der Waals surface area contributed by atoms with Crippen molar-refractivity contribution < 1.29 is 24.5 Å². The SMILES string of the molecule is CCCCCC(C)(O)C=C[C@@H]1[C@H](CC(=O)O)[C@H](O)C[C@@H]1O[Si](C)(C)C(C)(C)C. The lowest BCUT2D eigenvalue weighted by atomic mass is 9.88. The number of rotatable bonds is 10. The van der Waals surface area contributed by atoms with Crippen LogP contribution >= 0.6 is 0 Å². The molecule has 0 saturated heterocycles. The van der Waals surface area contributed by atoms with Gasteiger partial charge in [-0.05, 0) is 37.9 Å². The standard InChI is InChI=1S/C22H42O5Si/c1-8-9-10-12-22(5,26)13-11-16-17(14-20(24)25)18(23)15-19(16)27-28(6,7)21(2,3)4/h11,13,16-19,23,26H,8-10,12,14-15H2,1-7H3,(H,24,25)/t16-,17+,18-,19+,22?/m1/s1. The maximum Gasteiger partial charge on any atom is 0.303 e. The van der Waals surface area contributed by atoms with E-state index >= 15 is 0 Å². The van der Waals surface area contributed by atoms with Crippen molar-refractivity contribution in [2.75, 3.05) is 0 Å². The van der Waals surface area contributed by atoms with E-state index < -0.39 is 31.9 Å². The van der Waals surface area contributed by atoms with Crippen molar-refractivity contribution in [3.63, 3.8) is 0 Å². The molecule has 1 saturated carbocycles. The van der Waals surface area contributed by atoms with Gasteiger partial charge in [0.25, 0.3) is 0 Å². The molecule has 0 aliphatic heterocycles. The van der Waals surface area contributed by atoms with Crippen molar-refractivity contribution in [2.45, 2.75) is 109 Å². The van der Waals surface area contributed by atoms with E-state index in [1.807, 2.05) is 6.08 Å². The van der Waals surface area contributed by atoms with Crippen LogP contribution in [0.1, 0.15) is 73.1 Å². The minimum Gasteiger partial charge on any atom is -0.481 e. The Labute approximate surface area is 172 Å². The normalized spacial score (nSPS) is 28.6. The van der Waals surface area contributed by atoms with Crippen LogP contribution in [0.25, 0.3) is 0 Å². The first kappa shape index (κ1) is 25.3. The number of aliphatic hydroxyl groups excluding tert-OH is 1. The zero-order valence-electron chi connectivity index (χ0n) is 18.9. The highest BCUT2D eigenvalue weighted by Crippen LogP contribution is 2.44. The molecule has 1 unspecified atom stereocenters. The fourth-order valence-electron chi connectivity index (χ4n) is 3.66. The van der Waals surface area contributed by atoms with E-state index in [0.29, 0.717) is 12.8 Å². The summed E-state index contributed by atoms with van der Waals surface area (Å²) in [6.07, 6.45) is 6.92. The Balaban J connectivity index is 3.05. The number of aliphatic hydroxyl groups is 2. The molecule has 0 bridgehead atoms. The molecule has 5 nitrogen and oxygen atoms in total. The molecule has 0 amide bonds. The molecule has 5 atom stereocenters. The monoisotopic (exact) mass is 414 g/mol. The lowest BCUT2D eigenvalue weighted by Gasteiger charge is -2.40. The first-order valence-corrected chi connectivity index (χ1v) is 13.6. The van der Waals surface area contributed by atoms with Crippen LogP contribution in [0.4, 0.5) is 0 Å². The van der Waals surface area contributed by atoms with E-state index in [1.54, 1.807) is 13.0 Å². The Hall–Kier alpha value is -0.693. The highest BCUT2D eigenvalue weighted by atomic mass is 28.4. The van der Waals surface area contributed by atoms with E-state index in [2.05, 4.69) is 40.8 Å². The van der Waals surface area contributed by atoms with E-state index in [4.69, 9.17) is 4.43 Å². The number of hydrogen-bond donors (Lipinski definition) is 3. The minimum absolute atomic E-state index is 0.0305. The van der Waals surface area contributed by atoms with Gasteiger partial charge in [0, 0.05) is 11.8 Å². The van der Waals surface area contributed by atoms with Crippen molar-refractivity contribution in [1.82, 2.24) is 0 Å². The summed E-state index contributed by atoms with van der Waals surface area (Å²) in [5.41, 5.74) is -0.933. The van der Waals surface area contributed by atoms with Crippen LogP contribution in [0.15, 0.2) is 12.2 Å². The van der Waals surface area contributed by atoms with E-state index in [-0.39, 0.29) is 23.5 Å². The van der Waals surface area contributed by atoms with E-state index in [1.165, 1.54) is 0 Å². The van der Waals surface area contributed by atoms with Crippen LogP contribution < -0.4 is 0 Å². The van der Waals surface area contributed by atoms with Gasteiger partial charge in [0.1, 0.15) is 0 Å². The summed E-state index contributed by atoms with van der Waals surface area (Å²) in [6, 6.07) is 0. The molecule has 0 aromatic rings. The molecule has 1 aliphatic carbocycles. The third-order valence-corrected chi connectivity index (χ3v) is 11.0. The maximum absolute atomic E-state index is 11.4. The van der Waals surface area contributed by atoms with Gasteiger partial charge >= 0.3 is 5.97 Å². The summed E-state index contributed by atoms with van der Waals surface area (Å²) in [6.45, 7) is 14.8. The summed E-state index contributed by atoms with van der Waals surface area (Å²) >= 11 is 0. The second-order valence-electron chi connectivity index (χ2n) is 10.2. The molecule has 1 fully saturated rings. The second kappa shape index (κ2) is 9.87. The highest BCUT2D eigenvalue weighted by Gasteiger charge is 2.47. The molecule has 0 aromatic heterocycles. The van der Waals surface area contributed by atoms with Crippen LogP contribution in [0, 0.1) is 11.8 Å². The number of unbranched alkanes of at least 4 members (excludes halogenated alkanes) is 2. The average Bonchev–Trinajstić information content (AvgIpc) is 2.78. The molecular formula is C22H42O5Si. The topological polar surface area (TPSA) is 87.0 Å². The van der Waals surface area contributed by atoms with Gasteiger partial charge in [-0.25, -0.2) is 0 Å². The van der Waals surface area contributed by atoms with Gasteiger partial charge in [-0.2, -0.15) is 0 Å².